The summed E-state index contributed by atoms with van der Waals surface area (Å²) in [4.78, 5) is 10.6. The minimum atomic E-state index is 0.848. The second-order valence-electron chi connectivity index (χ2n) is 4.91. The Labute approximate surface area is 159 Å². The Hall–Kier alpha value is -1.54. The van der Waals surface area contributed by atoms with Crippen LogP contribution in [0.3, 0.4) is 0 Å². The second kappa shape index (κ2) is 6.76. The van der Waals surface area contributed by atoms with Crippen molar-refractivity contribution in [2.24, 2.45) is 0 Å². The van der Waals surface area contributed by atoms with E-state index in [1.165, 1.54) is 0 Å². The molecule has 7 heteroatoms. The molecule has 4 aromatic rings. The average Bonchev–Trinajstić information content (AvgIpc) is 3.34. The lowest BCUT2D eigenvalue weighted by Crippen LogP contribution is -1.83. The van der Waals surface area contributed by atoms with Crippen molar-refractivity contribution < 1.29 is 4.74 Å². The van der Waals surface area contributed by atoms with Gasteiger partial charge in [-0.3, -0.25) is 0 Å². The highest BCUT2D eigenvalue weighted by atomic mass is 79.9. The number of aromatic nitrogens is 2. The highest BCUT2D eigenvalue weighted by molar-refractivity contribution is 9.11. The SMILES string of the molecule is COc1ccc(-c2csc(-c3nc(-c4ccc(Br)s4)cs3)n2)cc1. The summed E-state index contributed by atoms with van der Waals surface area (Å²) in [6.45, 7) is 0. The molecule has 1 aromatic carbocycles. The lowest BCUT2D eigenvalue weighted by atomic mass is 10.2. The third-order valence-electron chi connectivity index (χ3n) is 3.40. The summed E-state index contributed by atoms with van der Waals surface area (Å²) in [7, 11) is 1.67. The van der Waals surface area contributed by atoms with Crippen molar-refractivity contribution in [2.45, 2.75) is 0 Å². The molecule has 0 amide bonds. The van der Waals surface area contributed by atoms with Crippen molar-refractivity contribution in [3.05, 3.63) is 50.9 Å². The van der Waals surface area contributed by atoms with Crippen LogP contribution < -0.4 is 4.74 Å². The lowest BCUT2D eigenvalue weighted by molar-refractivity contribution is 0.415. The molecule has 3 heterocycles. The number of ether oxygens (including phenoxy) is 1. The zero-order chi connectivity index (χ0) is 16.5. The number of methoxy groups -OCH3 is 1. The minimum absolute atomic E-state index is 0.848. The normalized spacial score (nSPS) is 10.9. The van der Waals surface area contributed by atoms with Gasteiger partial charge in [0.25, 0.3) is 0 Å². The van der Waals surface area contributed by atoms with Gasteiger partial charge in [0.2, 0.25) is 0 Å². The summed E-state index contributed by atoms with van der Waals surface area (Å²) in [6.07, 6.45) is 0. The number of nitrogens with zero attached hydrogens (tertiary/aromatic N) is 2. The maximum Gasteiger partial charge on any atom is 0.152 e. The van der Waals surface area contributed by atoms with E-state index in [9.17, 15) is 0 Å². The molecular weight excluding hydrogens is 424 g/mol. The summed E-state index contributed by atoms with van der Waals surface area (Å²) in [5, 5.41) is 6.06. The molecule has 3 aromatic heterocycles. The average molecular weight is 435 g/mol. The highest BCUT2D eigenvalue weighted by Gasteiger charge is 2.12. The van der Waals surface area contributed by atoms with Gasteiger partial charge in [-0.15, -0.1) is 34.0 Å². The number of thiophene rings is 1. The highest BCUT2D eigenvalue weighted by Crippen LogP contribution is 2.36. The summed E-state index contributed by atoms with van der Waals surface area (Å²) in [6, 6.07) is 12.1. The fourth-order valence-electron chi connectivity index (χ4n) is 2.20. The van der Waals surface area contributed by atoms with Crippen LogP contribution in [0.25, 0.3) is 31.8 Å². The molecule has 0 saturated heterocycles. The van der Waals surface area contributed by atoms with Crippen molar-refractivity contribution >= 4 is 49.9 Å². The van der Waals surface area contributed by atoms with Crippen LogP contribution in [-0.2, 0) is 0 Å². The van der Waals surface area contributed by atoms with E-state index >= 15 is 0 Å². The summed E-state index contributed by atoms with van der Waals surface area (Å²) < 4.78 is 6.31. The molecule has 0 N–H and O–H groups in total. The van der Waals surface area contributed by atoms with E-state index in [0.29, 0.717) is 0 Å². The van der Waals surface area contributed by atoms with Gasteiger partial charge in [0.1, 0.15) is 5.75 Å². The predicted molar refractivity (Wildman–Crippen MR) is 106 cm³/mol. The number of rotatable bonds is 4. The topological polar surface area (TPSA) is 35.0 Å². The third-order valence-corrected chi connectivity index (χ3v) is 6.88. The first-order valence-electron chi connectivity index (χ1n) is 7.04. The van der Waals surface area contributed by atoms with Gasteiger partial charge in [0.05, 0.1) is 27.2 Å². The number of benzene rings is 1. The van der Waals surface area contributed by atoms with Crippen LogP contribution in [-0.4, -0.2) is 17.1 Å². The van der Waals surface area contributed by atoms with Gasteiger partial charge in [-0.05, 0) is 52.3 Å². The Morgan fingerprint density at radius 2 is 1.54 bits per heavy atom. The van der Waals surface area contributed by atoms with E-state index in [1.54, 1.807) is 41.1 Å². The van der Waals surface area contributed by atoms with Gasteiger partial charge in [0.15, 0.2) is 10.0 Å². The fourth-order valence-corrected chi connectivity index (χ4v) is 5.32. The van der Waals surface area contributed by atoms with Crippen LogP contribution in [0.15, 0.2) is 50.9 Å². The van der Waals surface area contributed by atoms with Gasteiger partial charge >= 0.3 is 0 Å². The molecule has 0 radical (unpaired) electrons. The van der Waals surface area contributed by atoms with Crippen molar-refractivity contribution in [1.29, 1.82) is 0 Å². The van der Waals surface area contributed by atoms with Crippen molar-refractivity contribution in [2.75, 3.05) is 7.11 Å². The van der Waals surface area contributed by atoms with E-state index in [0.717, 1.165) is 41.4 Å². The first kappa shape index (κ1) is 16.0. The zero-order valence-electron chi connectivity index (χ0n) is 12.5. The minimum Gasteiger partial charge on any atom is -0.497 e. The second-order valence-corrected chi connectivity index (χ2v) is 9.09. The van der Waals surface area contributed by atoms with Crippen LogP contribution in [0.5, 0.6) is 5.75 Å². The van der Waals surface area contributed by atoms with Crippen LogP contribution >= 0.6 is 49.9 Å². The molecule has 0 bridgehead atoms. The molecule has 0 saturated carbocycles. The fraction of sp³-hybridized carbons (Fsp3) is 0.0588. The largest absolute Gasteiger partial charge is 0.497 e. The molecule has 0 aliphatic rings. The van der Waals surface area contributed by atoms with Gasteiger partial charge in [-0.25, -0.2) is 9.97 Å². The van der Waals surface area contributed by atoms with Crippen LogP contribution in [0.2, 0.25) is 0 Å². The van der Waals surface area contributed by atoms with Crippen LogP contribution in [0.1, 0.15) is 0 Å². The molecule has 0 aliphatic carbocycles. The molecule has 4 rings (SSSR count). The molecule has 3 nitrogen and oxygen atoms in total. The molecule has 0 aliphatic heterocycles. The van der Waals surface area contributed by atoms with E-state index in [2.05, 4.69) is 32.8 Å². The quantitative estimate of drug-likeness (QED) is 0.370. The Bertz CT molecular complexity index is 972. The first-order valence-corrected chi connectivity index (χ1v) is 10.4. The number of thiazole rings is 2. The van der Waals surface area contributed by atoms with Crippen LogP contribution in [0.4, 0.5) is 0 Å². The molecule has 24 heavy (non-hydrogen) atoms. The molecule has 0 unspecified atom stereocenters. The molecule has 0 atom stereocenters. The van der Waals surface area contributed by atoms with E-state index < -0.39 is 0 Å². The zero-order valence-corrected chi connectivity index (χ0v) is 16.6. The van der Waals surface area contributed by atoms with Crippen LogP contribution in [0, 0.1) is 0 Å². The molecule has 120 valence electrons. The summed E-state index contributed by atoms with van der Waals surface area (Å²) in [5.74, 6) is 0.848. The monoisotopic (exact) mass is 434 g/mol. The molecule has 0 fully saturated rings. The standard InChI is InChI=1S/C17H11BrN2OS3/c1-21-11-4-2-10(3-5-11)12-8-22-16(19-12)17-20-13(9-23-17)14-6-7-15(18)24-14/h2-9H,1H3. The van der Waals surface area contributed by atoms with Crippen molar-refractivity contribution in [3.8, 4) is 37.6 Å². The lowest BCUT2D eigenvalue weighted by Gasteiger charge is -2.00. The maximum atomic E-state index is 5.20. The summed E-state index contributed by atoms with van der Waals surface area (Å²) >= 11 is 8.43. The Morgan fingerprint density at radius 3 is 2.17 bits per heavy atom. The molecule has 0 spiro atoms. The first-order chi connectivity index (χ1) is 11.7. The Balaban J connectivity index is 1.61. The van der Waals surface area contributed by atoms with Gasteiger partial charge in [0, 0.05) is 16.3 Å². The smallest absolute Gasteiger partial charge is 0.152 e. The number of hydrogen-bond acceptors (Lipinski definition) is 6. The van der Waals surface area contributed by atoms with E-state index in [1.807, 2.05) is 30.3 Å². The Kier molecular flexibility index (Phi) is 4.49. The summed E-state index contributed by atoms with van der Waals surface area (Å²) in [5.41, 5.74) is 3.05. The maximum absolute atomic E-state index is 5.20. The van der Waals surface area contributed by atoms with Gasteiger partial charge in [-0.1, -0.05) is 0 Å². The van der Waals surface area contributed by atoms with Gasteiger partial charge < -0.3 is 4.74 Å². The number of halogens is 1. The van der Waals surface area contributed by atoms with E-state index in [4.69, 9.17) is 14.7 Å². The van der Waals surface area contributed by atoms with Gasteiger partial charge in [-0.2, -0.15) is 0 Å². The third kappa shape index (κ3) is 3.17. The molecular formula is C17H11BrN2OS3. The van der Waals surface area contributed by atoms with E-state index in [-0.39, 0.29) is 0 Å². The Morgan fingerprint density at radius 1 is 0.875 bits per heavy atom. The van der Waals surface area contributed by atoms with Crippen molar-refractivity contribution in [1.82, 2.24) is 9.97 Å². The number of hydrogen-bond donors (Lipinski definition) is 0. The predicted octanol–water partition coefficient (Wildman–Crippen LogP) is 6.43. The van der Waals surface area contributed by atoms with Crippen molar-refractivity contribution in [3.63, 3.8) is 0 Å².